The molecule has 3 rings (SSSR count). The quantitative estimate of drug-likeness (QED) is 0.590. The number of ether oxygens (including phenoxy) is 1. The molecule has 0 amide bonds. The van der Waals surface area contributed by atoms with Gasteiger partial charge in [-0.3, -0.25) is 9.69 Å². The van der Waals surface area contributed by atoms with Gasteiger partial charge in [-0.25, -0.2) is 17.7 Å². The number of likely N-dealkylation sites (tertiary alicyclic amines) is 1. The van der Waals surface area contributed by atoms with Crippen molar-refractivity contribution in [3.63, 3.8) is 0 Å². The number of likely N-dealkylation sites (N-methyl/N-ethyl adjacent to an activating group) is 1. The molecular weight excluding hydrogens is 404 g/mol. The minimum atomic E-state index is -3.52. The van der Waals surface area contributed by atoms with Gasteiger partial charge in [-0.05, 0) is 51.1 Å². The van der Waals surface area contributed by atoms with Gasteiger partial charge in [0.05, 0.1) is 22.3 Å². The normalized spacial score (nSPS) is 18.2. The number of nitrogens with zero attached hydrogens (tertiary/aromatic N) is 4. The molecule has 1 unspecified atom stereocenters. The fraction of sp³-hybridized carbons (Fsp3) is 0.619. The molecular formula is C21H32N4O4S. The number of benzene rings is 1. The lowest BCUT2D eigenvalue weighted by molar-refractivity contribution is -0.151. The van der Waals surface area contributed by atoms with E-state index < -0.39 is 10.0 Å². The van der Waals surface area contributed by atoms with E-state index in [1.54, 1.807) is 18.2 Å². The molecule has 0 saturated carbocycles. The highest BCUT2D eigenvalue weighted by Crippen LogP contribution is 2.23. The first-order valence-electron chi connectivity index (χ1n) is 10.6. The molecule has 8 nitrogen and oxygen atoms in total. The second-order valence-electron chi connectivity index (χ2n) is 7.86. The molecule has 0 radical (unpaired) electrons. The van der Waals surface area contributed by atoms with Crippen LogP contribution in [-0.2, 0) is 32.5 Å². The van der Waals surface area contributed by atoms with Gasteiger partial charge in [0.1, 0.15) is 11.9 Å². The Morgan fingerprint density at radius 2 is 2.03 bits per heavy atom. The average molecular weight is 437 g/mol. The van der Waals surface area contributed by atoms with Crippen LogP contribution >= 0.6 is 0 Å². The average Bonchev–Trinajstić information content (AvgIpc) is 3.08. The van der Waals surface area contributed by atoms with Gasteiger partial charge in [-0.2, -0.15) is 0 Å². The van der Waals surface area contributed by atoms with Crippen molar-refractivity contribution in [1.82, 2.24) is 18.8 Å². The second-order valence-corrected chi connectivity index (χ2v) is 10.0. The number of hydrogen-bond acceptors (Lipinski definition) is 6. The molecule has 9 heteroatoms. The van der Waals surface area contributed by atoms with E-state index in [4.69, 9.17) is 4.74 Å². The Balaban J connectivity index is 1.72. The first-order valence-corrected chi connectivity index (χ1v) is 12.0. The maximum absolute atomic E-state index is 12.4. The molecule has 1 aromatic carbocycles. The van der Waals surface area contributed by atoms with Crippen LogP contribution in [0.25, 0.3) is 11.0 Å². The monoisotopic (exact) mass is 436 g/mol. The predicted molar refractivity (Wildman–Crippen MR) is 116 cm³/mol. The summed E-state index contributed by atoms with van der Waals surface area (Å²) in [5.74, 6) is 0.561. The maximum Gasteiger partial charge on any atom is 0.306 e. The van der Waals surface area contributed by atoms with Crippen LogP contribution < -0.4 is 0 Å². The first kappa shape index (κ1) is 22.7. The van der Waals surface area contributed by atoms with Crippen molar-refractivity contribution in [1.29, 1.82) is 0 Å². The van der Waals surface area contributed by atoms with Crippen LogP contribution in [0, 0.1) is 0 Å². The van der Waals surface area contributed by atoms with Gasteiger partial charge < -0.3 is 9.30 Å². The second kappa shape index (κ2) is 9.45. The minimum Gasteiger partial charge on any atom is -0.461 e. The third-order valence-electron chi connectivity index (χ3n) is 5.65. The summed E-state index contributed by atoms with van der Waals surface area (Å²) in [6.45, 7) is 7.66. The molecule has 2 aromatic rings. The number of aryl methyl sites for hydroxylation is 2. The van der Waals surface area contributed by atoms with Crippen molar-refractivity contribution >= 4 is 27.0 Å². The third kappa shape index (κ3) is 4.84. The molecule has 0 bridgehead atoms. The van der Waals surface area contributed by atoms with Gasteiger partial charge in [0.15, 0.2) is 0 Å². The fourth-order valence-electron chi connectivity index (χ4n) is 3.93. The zero-order valence-electron chi connectivity index (χ0n) is 18.3. The Labute approximate surface area is 178 Å². The summed E-state index contributed by atoms with van der Waals surface area (Å²) < 4.78 is 33.7. The van der Waals surface area contributed by atoms with Crippen LogP contribution in [0.2, 0.25) is 0 Å². The van der Waals surface area contributed by atoms with Crippen molar-refractivity contribution in [2.75, 3.05) is 33.7 Å². The van der Waals surface area contributed by atoms with Crippen LogP contribution in [0.15, 0.2) is 23.1 Å². The summed E-state index contributed by atoms with van der Waals surface area (Å²) in [5, 5.41) is 0. The lowest BCUT2D eigenvalue weighted by Gasteiger charge is -2.31. The lowest BCUT2D eigenvalue weighted by Crippen LogP contribution is -2.40. The van der Waals surface area contributed by atoms with E-state index in [9.17, 15) is 13.2 Å². The van der Waals surface area contributed by atoms with Gasteiger partial charge in [-0.1, -0.05) is 6.92 Å². The highest BCUT2D eigenvalue weighted by atomic mass is 32.2. The van der Waals surface area contributed by atoms with E-state index in [2.05, 4.69) is 16.8 Å². The summed E-state index contributed by atoms with van der Waals surface area (Å²) >= 11 is 0. The number of rotatable bonds is 8. The molecule has 0 spiro atoms. The van der Waals surface area contributed by atoms with Crippen LogP contribution in [-0.4, -0.2) is 73.0 Å². The van der Waals surface area contributed by atoms with E-state index in [1.165, 1.54) is 18.4 Å². The molecule has 0 N–H and O–H groups in total. The van der Waals surface area contributed by atoms with E-state index in [-0.39, 0.29) is 23.4 Å². The van der Waals surface area contributed by atoms with Crippen molar-refractivity contribution < 1.29 is 17.9 Å². The van der Waals surface area contributed by atoms with E-state index in [0.717, 1.165) is 43.8 Å². The van der Waals surface area contributed by atoms with Gasteiger partial charge in [-0.15, -0.1) is 0 Å². The predicted octanol–water partition coefficient (Wildman–Crippen LogP) is 2.27. The van der Waals surface area contributed by atoms with E-state index in [1.807, 2.05) is 11.5 Å². The number of sulfonamides is 1. The molecule has 1 aliphatic rings. The SMILES string of the molecule is CCN1CCCC(OC(=O)CCc2nc3cc(S(=O)(=O)N(C)C)ccc3n2CC)C1. The Morgan fingerprint density at radius 3 is 2.70 bits per heavy atom. The van der Waals surface area contributed by atoms with Gasteiger partial charge in [0.25, 0.3) is 0 Å². The van der Waals surface area contributed by atoms with Crippen molar-refractivity contribution in [2.24, 2.45) is 0 Å². The molecule has 1 atom stereocenters. The van der Waals surface area contributed by atoms with Crippen molar-refractivity contribution in [3.8, 4) is 0 Å². The summed E-state index contributed by atoms with van der Waals surface area (Å²) in [7, 11) is -0.507. The number of imidazole rings is 1. The van der Waals surface area contributed by atoms with E-state index >= 15 is 0 Å². The number of carbonyl (C=O) groups excluding carboxylic acids is 1. The maximum atomic E-state index is 12.4. The van der Waals surface area contributed by atoms with Crippen LogP contribution in [0.1, 0.15) is 38.9 Å². The van der Waals surface area contributed by atoms with E-state index in [0.29, 0.717) is 18.5 Å². The molecule has 0 aliphatic carbocycles. The summed E-state index contributed by atoms with van der Waals surface area (Å²) in [5.41, 5.74) is 1.48. The molecule has 30 heavy (non-hydrogen) atoms. The smallest absolute Gasteiger partial charge is 0.306 e. The number of esters is 1. The molecule has 1 aliphatic heterocycles. The standard InChI is InChI=1S/C21H32N4O4S/c1-5-24-13-7-8-16(15-24)29-21(26)12-11-20-22-18-14-17(30(27,28)23(3)4)9-10-19(18)25(20)6-2/h9-10,14,16H,5-8,11-13,15H2,1-4H3. The molecule has 2 heterocycles. The van der Waals surface area contributed by atoms with Gasteiger partial charge >= 0.3 is 5.97 Å². The van der Waals surface area contributed by atoms with Gasteiger partial charge in [0.2, 0.25) is 10.0 Å². The Morgan fingerprint density at radius 1 is 1.27 bits per heavy atom. The number of piperidine rings is 1. The Kier molecular flexibility index (Phi) is 7.15. The van der Waals surface area contributed by atoms with Crippen LogP contribution in [0.4, 0.5) is 0 Å². The van der Waals surface area contributed by atoms with Crippen molar-refractivity contribution in [3.05, 3.63) is 24.0 Å². The molecule has 1 saturated heterocycles. The first-order chi connectivity index (χ1) is 14.3. The summed E-state index contributed by atoms with van der Waals surface area (Å²) in [6, 6.07) is 4.98. The molecule has 1 aromatic heterocycles. The lowest BCUT2D eigenvalue weighted by atomic mass is 10.1. The highest BCUT2D eigenvalue weighted by molar-refractivity contribution is 7.89. The minimum absolute atomic E-state index is 0.0324. The molecule has 1 fully saturated rings. The largest absolute Gasteiger partial charge is 0.461 e. The Bertz CT molecular complexity index is 1000. The zero-order valence-corrected chi connectivity index (χ0v) is 19.1. The third-order valence-corrected chi connectivity index (χ3v) is 7.46. The van der Waals surface area contributed by atoms with Crippen LogP contribution in [0.3, 0.4) is 0 Å². The zero-order chi connectivity index (χ0) is 21.9. The number of hydrogen-bond donors (Lipinski definition) is 0. The topological polar surface area (TPSA) is 84.7 Å². The number of fused-ring (bicyclic) bond motifs is 1. The summed E-state index contributed by atoms with van der Waals surface area (Å²) in [4.78, 5) is 19.5. The summed E-state index contributed by atoms with van der Waals surface area (Å²) in [6.07, 6.45) is 2.65. The van der Waals surface area contributed by atoms with Crippen LogP contribution in [0.5, 0.6) is 0 Å². The highest BCUT2D eigenvalue weighted by Gasteiger charge is 2.23. The Hall–Kier alpha value is -1.97. The van der Waals surface area contributed by atoms with Gasteiger partial charge in [0, 0.05) is 33.6 Å². The number of aromatic nitrogens is 2. The number of carbonyl (C=O) groups is 1. The molecule has 166 valence electrons. The fourth-order valence-corrected chi connectivity index (χ4v) is 4.85. The van der Waals surface area contributed by atoms with Crippen molar-refractivity contribution in [2.45, 2.75) is 57.1 Å².